The summed E-state index contributed by atoms with van der Waals surface area (Å²) in [6.07, 6.45) is 1.35. The number of carbonyl (C=O) groups excluding carboxylic acids is 1. The first-order valence-corrected chi connectivity index (χ1v) is 5.72. The number of hydrogen-bond acceptors (Lipinski definition) is 3. The Morgan fingerprint density at radius 1 is 1.31 bits per heavy atom. The van der Waals surface area contributed by atoms with Crippen LogP contribution in [0.5, 0.6) is 0 Å². The van der Waals surface area contributed by atoms with Gasteiger partial charge in [0.15, 0.2) is 0 Å². The molecule has 1 atom stereocenters. The maximum absolute atomic E-state index is 11.8. The van der Waals surface area contributed by atoms with Crippen molar-refractivity contribution in [3.8, 4) is 0 Å². The third kappa shape index (κ3) is 3.20. The van der Waals surface area contributed by atoms with Crippen LogP contribution in [-0.2, 0) is 9.59 Å². The summed E-state index contributed by atoms with van der Waals surface area (Å²) in [5.41, 5.74) is 4.30. The summed E-state index contributed by atoms with van der Waals surface area (Å²) in [6, 6.07) is 0. The zero-order valence-corrected chi connectivity index (χ0v) is 10.2. The van der Waals surface area contributed by atoms with Gasteiger partial charge < -0.3 is 16.2 Å². The van der Waals surface area contributed by atoms with E-state index in [9.17, 15) is 9.59 Å². The summed E-state index contributed by atoms with van der Waals surface area (Å²) in [5.74, 6) is -1.56. The standard InChI is InChI=1S/C11H22N2O3/c1-4-8(7-12)9(14)13-11(5-2,6-3)10(15)16/h8H,4-7,12H2,1-3H3,(H,13,14)(H,15,16). The molecule has 0 rings (SSSR count). The van der Waals surface area contributed by atoms with Crippen molar-refractivity contribution in [1.29, 1.82) is 0 Å². The van der Waals surface area contributed by atoms with Crippen LogP contribution in [0.3, 0.4) is 0 Å². The van der Waals surface area contributed by atoms with E-state index >= 15 is 0 Å². The average Bonchev–Trinajstić information content (AvgIpc) is 2.27. The molecule has 0 spiro atoms. The molecule has 0 heterocycles. The van der Waals surface area contributed by atoms with Crippen LogP contribution in [0.25, 0.3) is 0 Å². The van der Waals surface area contributed by atoms with Crippen molar-refractivity contribution in [1.82, 2.24) is 5.32 Å². The van der Waals surface area contributed by atoms with Crippen LogP contribution in [0, 0.1) is 5.92 Å². The van der Waals surface area contributed by atoms with Crippen molar-refractivity contribution in [2.45, 2.75) is 45.6 Å². The van der Waals surface area contributed by atoms with E-state index in [-0.39, 0.29) is 18.4 Å². The number of carboxylic acids is 1. The van der Waals surface area contributed by atoms with Gasteiger partial charge in [0.05, 0.1) is 0 Å². The lowest BCUT2D eigenvalue weighted by molar-refractivity contribution is -0.148. The third-order valence-corrected chi connectivity index (χ3v) is 3.13. The predicted molar refractivity (Wildman–Crippen MR) is 61.9 cm³/mol. The van der Waals surface area contributed by atoms with Gasteiger partial charge in [0.25, 0.3) is 0 Å². The Kier molecular flexibility index (Phi) is 6.03. The van der Waals surface area contributed by atoms with E-state index in [1.807, 2.05) is 6.92 Å². The molecule has 1 amide bonds. The topological polar surface area (TPSA) is 92.4 Å². The summed E-state index contributed by atoms with van der Waals surface area (Å²) in [5, 5.41) is 11.8. The summed E-state index contributed by atoms with van der Waals surface area (Å²) in [4.78, 5) is 23.0. The first-order valence-electron chi connectivity index (χ1n) is 5.72. The fraction of sp³-hybridized carbons (Fsp3) is 0.818. The zero-order chi connectivity index (χ0) is 12.8. The highest BCUT2D eigenvalue weighted by Crippen LogP contribution is 2.16. The summed E-state index contributed by atoms with van der Waals surface area (Å²) < 4.78 is 0. The van der Waals surface area contributed by atoms with Crippen molar-refractivity contribution in [3.63, 3.8) is 0 Å². The first-order chi connectivity index (χ1) is 7.47. The minimum Gasteiger partial charge on any atom is -0.480 e. The van der Waals surface area contributed by atoms with Crippen LogP contribution >= 0.6 is 0 Å². The van der Waals surface area contributed by atoms with Crippen molar-refractivity contribution < 1.29 is 14.7 Å². The van der Waals surface area contributed by atoms with Crippen LogP contribution in [0.2, 0.25) is 0 Å². The maximum atomic E-state index is 11.8. The van der Waals surface area contributed by atoms with Gasteiger partial charge in [0, 0.05) is 12.5 Å². The molecule has 0 radical (unpaired) electrons. The van der Waals surface area contributed by atoms with E-state index < -0.39 is 11.5 Å². The van der Waals surface area contributed by atoms with E-state index in [4.69, 9.17) is 10.8 Å². The van der Waals surface area contributed by atoms with Crippen molar-refractivity contribution >= 4 is 11.9 Å². The summed E-state index contributed by atoms with van der Waals surface area (Å²) >= 11 is 0. The molecular weight excluding hydrogens is 208 g/mol. The van der Waals surface area contributed by atoms with E-state index in [2.05, 4.69) is 5.32 Å². The minimum absolute atomic E-state index is 0.242. The highest BCUT2D eigenvalue weighted by molar-refractivity contribution is 5.88. The largest absolute Gasteiger partial charge is 0.480 e. The SMILES string of the molecule is CCC(CN)C(=O)NC(CC)(CC)C(=O)O. The number of nitrogens with one attached hydrogen (secondary N) is 1. The van der Waals surface area contributed by atoms with Crippen molar-refractivity contribution in [2.75, 3.05) is 6.54 Å². The fourth-order valence-corrected chi connectivity index (χ4v) is 1.58. The van der Waals surface area contributed by atoms with Gasteiger partial charge in [-0.2, -0.15) is 0 Å². The number of nitrogens with two attached hydrogens (primary N) is 1. The van der Waals surface area contributed by atoms with Gasteiger partial charge in [-0.15, -0.1) is 0 Å². The summed E-state index contributed by atoms with van der Waals surface area (Å²) in [7, 11) is 0. The average molecular weight is 230 g/mol. The Hall–Kier alpha value is -1.10. The molecule has 0 aromatic rings. The molecule has 0 fully saturated rings. The van der Waals surface area contributed by atoms with Gasteiger partial charge >= 0.3 is 5.97 Å². The van der Waals surface area contributed by atoms with Gasteiger partial charge in [-0.3, -0.25) is 4.79 Å². The Morgan fingerprint density at radius 2 is 1.81 bits per heavy atom. The molecule has 4 N–H and O–H groups in total. The molecule has 0 saturated carbocycles. The van der Waals surface area contributed by atoms with E-state index in [0.29, 0.717) is 19.3 Å². The second kappa shape index (κ2) is 6.48. The molecule has 0 aromatic heterocycles. The molecule has 0 aromatic carbocycles. The van der Waals surface area contributed by atoms with Crippen molar-refractivity contribution in [2.24, 2.45) is 11.7 Å². The van der Waals surface area contributed by atoms with E-state index in [1.165, 1.54) is 0 Å². The molecule has 5 heteroatoms. The Bertz CT molecular complexity index is 246. The lowest BCUT2D eigenvalue weighted by atomic mass is 9.91. The Labute approximate surface area is 96.4 Å². The highest BCUT2D eigenvalue weighted by atomic mass is 16.4. The monoisotopic (exact) mass is 230 g/mol. The zero-order valence-electron chi connectivity index (χ0n) is 10.2. The van der Waals surface area contributed by atoms with Crippen LogP contribution in [0.4, 0.5) is 0 Å². The molecule has 94 valence electrons. The Balaban J connectivity index is 4.76. The quantitative estimate of drug-likeness (QED) is 0.601. The molecule has 1 unspecified atom stereocenters. The second-order valence-electron chi connectivity index (χ2n) is 3.92. The van der Waals surface area contributed by atoms with Crippen LogP contribution in [0.15, 0.2) is 0 Å². The van der Waals surface area contributed by atoms with E-state index in [1.54, 1.807) is 13.8 Å². The normalized spacial score (nSPS) is 13.2. The number of rotatable bonds is 7. The summed E-state index contributed by atoms with van der Waals surface area (Å²) in [6.45, 7) is 5.60. The molecule has 0 bridgehead atoms. The van der Waals surface area contributed by atoms with Crippen LogP contribution in [0.1, 0.15) is 40.0 Å². The smallest absolute Gasteiger partial charge is 0.329 e. The number of carbonyl (C=O) groups is 2. The van der Waals surface area contributed by atoms with Gasteiger partial charge in [0.1, 0.15) is 5.54 Å². The molecule has 16 heavy (non-hydrogen) atoms. The van der Waals surface area contributed by atoms with Gasteiger partial charge in [0.2, 0.25) is 5.91 Å². The molecule has 0 aliphatic rings. The lowest BCUT2D eigenvalue weighted by Gasteiger charge is -2.29. The number of amides is 1. The maximum Gasteiger partial charge on any atom is 0.329 e. The second-order valence-corrected chi connectivity index (χ2v) is 3.92. The number of aliphatic carboxylic acids is 1. The number of hydrogen-bond donors (Lipinski definition) is 3. The predicted octanol–water partition coefficient (Wildman–Crippen LogP) is 0.731. The molecule has 5 nitrogen and oxygen atoms in total. The van der Waals surface area contributed by atoms with Gasteiger partial charge in [-0.1, -0.05) is 20.8 Å². The molecular formula is C11H22N2O3. The van der Waals surface area contributed by atoms with Gasteiger partial charge in [-0.25, -0.2) is 4.79 Å². The fourth-order valence-electron chi connectivity index (χ4n) is 1.58. The first kappa shape index (κ1) is 14.9. The third-order valence-electron chi connectivity index (χ3n) is 3.13. The van der Waals surface area contributed by atoms with Crippen LogP contribution in [-0.4, -0.2) is 29.1 Å². The highest BCUT2D eigenvalue weighted by Gasteiger charge is 2.37. The van der Waals surface area contributed by atoms with Gasteiger partial charge in [-0.05, 0) is 19.3 Å². The van der Waals surface area contributed by atoms with Crippen molar-refractivity contribution in [3.05, 3.63) is 0 Å². The molecule has 0 saturated heterocycles. The molecule has 0 aliphatic carbocycles. The minimum atomic E-state index is -1.15. The van der Waals surface area contributed by atoms with Crippen LogP contribution < -0.4 is 11.1 Å². The van der Waals surface area contributed by atoms with E-state index in [0.717, 1.165) is 0 Å². The Morgan fingerprint density at radius 3 is 2.06 bits per heavy atom. The lowest BCUT2D eigenvalue weighted by Crippen LogP contribution is -2.55. The molecule has 0 aliphatic heterocycles. The number of carboxylic acid groups (broad SMARTS) is 1.